The summed E-state index contributed by atoms with van der Waals surface area (Å²) < 4.78 is 68.2. The van der Waals surface area contributed by atoms with Gasteiger partial charge in [-0.25, -0.2) is 8.42 Å². The largest absolute Gasteiger partial charge is 0.418 e. The molecule has 0 aliphatic heterocycles. The van der Waals surface area contributed by atoms with Crippen LogP contribution in [0, 0.1) is 20.8 Å². The van der Waals surface area contributed by atoms with Crippen molar-refractivity contribution in [1.82, 2.24) is 0 Å². The molecule has 0 atom stereocenters. The predicted octanol–water partition coefficient (Wildman–Crippen LogP) is 6.12. The minimum Gasteiger partial charge on any atom is -0.324 e. The monoisotopic (exact) mass is 510 g/mol. The zero-order valence-corrected chi connectivity index (χ0v) is 20.1. The zero-order chi connectivity index (χ0) is 25.3. The fourth-order valence-electron chi connectivity index (χ4n) is 3.31. The van der Waals surface area contributed by atoms with Gasteiger partial charge in [0, 0.05) is 5.02 Å². The van der Waals surface area contributed by atoms with Gasteiger partial charge in [-0.05, 0) is 68.3 Å². The molecule has 1 amide bonds. The average Bonchev–Trinajstić information content (AvgIpc) is 2.74. The van der Waals surface area contributed by atoms with E-state index in [1.165, 1.54) is 18.2 Å². The Hall–Kier alpha value is -3.04. The highest BCUT2D eigenvalue weighted by Crippen LogP contribution is 2.36. The van der Waals surface area contributed by atoms with Gasteiger partial charge < -0.3 is 5.32 Å². The van der Waals surface area contributed by atoms with Crippen LogP contribution in [0.4, 0.5) is 24.5 Å². The third kappa shape index (κ3) is 5.71. The predicted molar refractivity (Wildman–Crippen MR) is 127 cm³/mol. The number of sulfonamides is 1. The molecule has 3 aromatic carbocycles. The molecule has 3 aromatic rings. The quantitative estimate of drug-likeness (QED) is 0.434. The molecule has 0 saturated carbocycles. The third-order valence-corrected chi connectivity index (χ3v) is 7.10. The summed E-state index contributed by atoms with van der Waals surface area (Å²) in [6.45, 7) is 4.52. The van der Waals surface area contributed by atoms with Crippen molar-refractivity contribution in [3.63, 3.8) is 0 Å². The van der Waals surface area contributed by atoms with Crippen LogP contribution in [-0.2, 0) is 21.0 Å². The molecule has 34 heavy (non-hydrogen) atoms. The summed E-state index contributed by atoms with van der Waals surface area (Å²) in [4.78, 5) is 12.8. The number of aryl methyl sites for hydroxylation is 3. The van der Waals surface area contributed by atoms with Crippen molar-refractivity contribution >= 4 is 38.9 Å². The Morgan fingerprint density at radius 1 is 0.941 bits per heavy atom. The molecule has 180 valence electrons. The molecule has 0 radical (unpaired) electrons. The number of halogens is 4. The number of nitrogens with zero attached hydrogens (tertiary/aromatic N) is 1. The van der Waals surface area contributed by atoms with E-state index in [1.54, 1.807) is 51.1 Å². The maximum atomic E-state index is 13.5. The van der Waals surface area contributed by atoms with Crippen molar-refractivity contribution in [2.45, 2.75) is 31.8 Å². The summed E-state index contributed by atoms with van der Waals surface area (Å²) in [6.07, 6.45) is -4.77. The van der Waals surface area contributed by atoms with E-state index in [1.807, 2.05) is 0 Å². The number of nitrogens with one attached hydrogen (secondary N) is 1. The summed E-state index contributed by atoms with van der Waals surface area (Å²) in [5.74, 6) is -0.940. The lowest BCUT2D eigenvalue weighted by Crippen LogP contribution is -2.38. The summed E-state index contributed by atoms with van der Waals surface area (Å²) >= 11 is 5.69. The molecule has 0 fully saturated rings. The van der Waals surface area contributed by atoms with E-state index in [-0.39, 0.29) is 15.6 Å². The molecule has 5 nitrogen and oxygen atoms in total. The van der Waals surface area contributed by atoms with Gasteiger partial charge in [-0.3, -0.25) is 9.10 Å². The number of amides is 1. The van der Waals surface area contributed by atoms with Gasteiger partial charge in [0.2, 0.25) is 5.91 Å². The van der Waals surface area contributed by atoms with E-state index in [2.05, 4.69) is 5.32 Å². The maximum Gasteiger partial charge on any atom is 0.418 e. The van der Waals surface area contributed by atoms with Gasteiger partial charge in [-0.2, -0.15) is 13.2 Å². The second-order valence-electron chi connectivity index (χ2n) is 7.85. The number of benzene rings is 3. The van der Waals surface area contributed by atoms with Crippen molar-refractivity contribution in [3.05, 3.63) is 87.9 Å². The van der Waals surface area contributed by atoms with E-state index in [4.69, 9.17) is 11.6 Å². The van der Waals surface area contributed by atoms with E-state index >= 15 is 0 Å². The molecule has 0 saturated heterocycles. The Labute approximate surface area is 201 Å². The molecule has 0 heterocycles. The lowest BCUT2D eigenvalue weighted by Gasteiger charge is -2.26. The molecule has 0 aliphatic rings. The smallest absolute Gasteiger partial charge is 0.324 e. The van der Waals surface area contributed by atoms with Crippen molar-refractivity contribution < 1.29 is 26.4 Å². The first-order valence-corrected chi connectivity index (χ1v) is 11.9. The summed E-state index contributed by atoms with van der Waals surface area (Å²) in [5, 5.41) is 2.04. The van der Waals surface area contributed by atoms with Gasteiger partial charge >= 0.3 is 6.18 Å². The van der Waals surface area contributed by atoms with Crippen LogP contribution in [0.15, 0.2) is 65.6 Å². The summed E-state index contributed by atoms with van der Waals surface area (Å²) in [7, 11) is -4.21. The average molecular weight is 511 g/mol. The number of hydrogen-bond acceptors (Lipinski definition) is 3. The number of alkyl halides is 3. The van der Waals surface area contributed by atoms with Crippen LogP contribution >= 0.6 is 11.6 Å². The van der Waals surface area contributed by atoms with Crippen molar-refractivity contribution in [1.29, 1.82) is 0 Å². The highest BCUT2D eigenvalue weighted by molar-refractivity contribution is 7.92. The normalized spacial score (nSPS) is 11.9. The molecule has 1 N–H and O–H groups in total. The number of rotatable bonds is 6. The number of carbonyl (C=O) groups is 1. The Kier molecular flexibility index (Phi) is 7.28. The topological polar surface area (TPSA) is 66.5 Å². The number of anilines is 2. The molecular formula is C24H22ClF3N2O3S. The van der Waals surface area contributed by atoms with Crippen LogP contribution in [0.1, 0.15) is 22.3 Å². The van der Waals surface area contributed by atoms with Crippen LogP contribution < -0.4 is 9.62 Å². The standard InChI is InChI=1S/C24H22ClF3N2O3S/c1-15-5-9-19(10-6-15)34(32,33)30(22-12-16(2)4-7-17(22)3)14-23(31)29-21-11-8-18(25)13-20(21)24(26,27)28/h4-13H,14H2,1-3H3,(H,29,31). The molecular weight excluding hydrogens is 489 g/mol. The van der Waals surface area contributed by atoms with E-state index in [0.29, 0.717) is 11.6 Å². The first-order chi connectivity index (χ1) is 15.8. The Morgan fingerprint density at radius 3 is 2.18 bits per heavy atom. The van der Waals surface area contributed by atoms with Crippen LogP contribution in [0.5, 0.6) is 0 Å². The molecule has 3 rings (SSSR count). The molecule has 0 bridgehead atoms. The van der Waals surface area contributed by atoms with Gasteiger partial charge in [0.05, 0.1) is 21.8 Å². The Morgan fingerprint density at radius 2 is 1.56 bits per heavy atom. The third-order valence-electron chi connectivity index (χ3n) is 5.09. The van der Waals surface area contributed by atoms with Crippen molar-refractivity contribution in [2.24, 2.45) is 0 Å². The number of carbonyl (C=O) groups excluding carboxylic acids is 1. The fourth-order valence-corrected chi connectivity index (χ4v) is 4.95. The van der Waals surface area contributed by atoms with Crippen molar-refractivity contribution in [2.75, 3.05) is 16.2 Å². The minimum absolute atomic E-state index is 0.0470. The number of hydrogen-bond donors (Lipinski definition) is 1. The highest BCUT2D eigenvalue weighted by Gasteiger charge is 2.35. The highest BCUT2D eigenvalue weighted by atomic mass is 35.5. The summed E-state index contributed by atoms with van der Waals surface area (Å²) in [5.41, 5.74) is 0.780. The molecule has 0 unspecified atom stereocenters. The Balaban J connectivity index is 2.03. The van der Waals surface area contributed by atoms with Crippen LogP contribution in [0.2, 0.25) is 5.02 Å². The van der Waals surface area contributed by atoms with Gasteiger partial charge in [-0.15, -0.1) is 0 Å². The van der Waals surface area contributed by atoms with Gasteiger partial charge in [0.25, 0.3) is 10.0 Å². The first kappa shape index (κ1) is 25.6. The minimum atomic E-state index is -4.77. The SMILES string of the molecule is Cc1ccc(S(=O)(=O)N(CC(=O)Nc2ccc(Cl)cc2C(F)(F)F)c2cc(C)ccc2C)cc1. The van der Waals surface area contributed by atoms with Gasteiger partial charge in [0.1, 0.15) is 6.54 Å². The molecule has 0 spiro atoms. The van der Waals surface area contributed by atoms with Crippen LogP contribution in [0.3, 0.4) is 0 Å². The second-order valence-corrected chi connectivity index (χ2v) is 10.1. The van der Waals surface area contributed by atoms with Crippen LogP contribution in [0.25, 0.3) is 0 Å². The lowest BCUT2D eigenvalue weighted by molar-refractivity contribution is -0.137. The maximum absolute atomic E-state index is 13.5. The van der Waals surface area contributed by atoms with E-state index in [0.717, 1.165) is 21.5 Å². The van der Waals surface area contributed by atoms with Gasteiger partial charge in [-0.1, -0.05) is 41.4 Å². The van der Waals surface area contributed by atoms with Crippen LogP contribution in [-0.4, -0.2) is 20.9 Å². The van der Waals surface area contributed by atoms with E-state index in [9.17, 15) is 26.4 Å². The fraction of sp³-hybridized carbons (Fsp3) is 0.208. The lowest BCUT2D eigenvalue weighted by atomic mass is 10.1. The molecule has 0 aromatic heterocycles. The zero-order valence-electron chi connectivity index (χ0n) is 18.6. The first-order valence-electron chi connectivity index (χ1n) is 10.1. The van der Waals surface area contributed by atoms with Crippen molar-refractivity contribution in [3.8, 4) is 0 Å². The summed E-state index contributed by atoms with van der Waals surface area (Å²) in [6, 6.07) is 14.1. The van der Waals surface area contributed by atoms with E-state index < -0.39 is 39.9 Å². The van der Waals surface area contributed by atoms with Gasteiger partial charge in [0.15, 0.2) is 0 Å². The molecule has 10 heteroatoms. The molecule has 0 aliphatic carbocycles. The Bertz CT molecular complexity index is 1320. The second kappa shape index (κ2) is 9.68.